The Bertz CT molecular complexity index is 431. The largest absolute Gasteiger partial charge is 0.427 e. The van der Waals surface area contributed by atoms with Gasteiger partial charge in [0, 0.05) is 18.7 Å². The summed E-state index contributed by atoms with van der Waals surface area (Å²) in [6.07, 6.45) is 0.439. The fourth-order valence-electron chi connectivity index (χ4n) is 1.14. The van der Waals surface area contributed by atoms with Crippen LogP contribution in [0.4, 0.5) is 5.69 Å². The highest BCUT2D eigenvalue weighted by Gasteiger charge is 2.03. The quantitative estimate of drug-likeness (QED) is 0.437. The molecule has 1 aromatic rings. The van der Waals surface area contributed by atoms with Gasteiger partial charge in [0.15, 0.2) is 0 Å². The molecule has 17 heavy (non-hydrogen) atoms. The first-order valence-electron chi connectivity index (χ1n) is 4.87. The van der Waals surface area contributed by atoms with Crippen molar-refractivity contribution in [1.29, 1.82) is 0 Å². The Hall–Kier alpha value is -2.37. The highest BCUT2D eigenvalue weighted by atomic mass is 16.5. The highest BCUT2D eigenvalue weighted by molar-refractivity contribution is 5.93. The van der Waals surface area contributed by atoms with E-state index in [1.807, 2.05) is 0 Å². The number of hydrogen-bond acceptors (Lipinski definition) is 4. The van der Waals surface area contributed by atoms with Crippen LogP contribution in [0.15, 0.2) is 24.3 Å². The number of carbonyl (C=O) groups is 3. The summed E-state index contributed by atoms with van der Waals surface area (Å²) in [6.45, 7) is 1.18. The van der Waals surface area contributed by atoms with Crippen molar-refractivity contribution in [3.05, 3.63) is 24.3 Å². The van der Waals surface area contributed by atoms with Gasteiger partial charge in [-0.25, -0.2) is 0 Å². The van der Waals surface area contributed by atoms with Crippen molar-refractivity contribution >= 4 is 24.0 Å². The maximum absolute atomic E-state index is 11.3. The average Bonchev–Trinajstić information content (AvgIpc) is 2.26. The second-order valence-electron chi connectivity index (χ2n) is 3.17. The number of rotatable bonds is 5. The van der Waals surface area contributed by atoms with Crippen LogP contribution in [0, 0.1) is 0 Å². The fraction of sp³-hybridized carbons (Fsp3) is 0.182. The van der Waals surface area contributed by atoms with E-state index in [-0.39, 0.29) is 12.5 Å². The molecule has 0 aliphatic rings. The highest BCUT2D eigenvalue weighted by Crippen LogP contribution is 2.17. The van der Waals surface area contributed by atoms with Crippen LogP contribution in [0.2, 0.25) is 0 Å². The van der Waals surface area contributed by atoms with Crippen molar-refractivity contribution in [2.75, 3.05) is 11.9 Å². The molecular weight excluding hydrogens is 224 g/mol. The van der Waals surface area contributed by atoms with Crippen molar-refractivity contribution < 1.29 is 19.1 Å². The molecule has 1 rings (SSSR count). The lowest BCUT2D eigenvalue weighted by molar-refractivity contribution is -0.131. The minimum Gasteiger partial charge on any atom is -0.427 e. The van der Waals surface area contributed by atoms with Crippen LogP contribution in [-0.4, -0.2) is 24.8 Å². The second-order valence-corrected chi connectivity index (χ2v) is 3.17. The number of benzene rings is 1. The molecule has 2 amide bonds. The zero-order valence-corrected chi connectivity index (χ0v) is 9.23. The lowest BCUT2D eigenvalue weighted by Gasteiger charge is -2.06. The molecule has 1 aromatic carbocycles. The Morgan fingerprint density at radius 3 is 2.82 bits per heavy atom. The number of amides is 2. The van der Waals surface area contributed by atoms with E-state index in [1.54, 1.807) is 18.2 Å². The molecule has 90 valence electrons. The monoisotopic (exact) mass is 236 g/mol. The zero-order chi connectivity index (χ0) is 12.7. The molecule has 0 saturated heterocycles. The van der Waals surface area contributed by atoms with Crippen LogP contribution in [-0.2, 0) is 14.4 Å². The van der Waals surface area contributed by atoms with Crippen molar-refractivity contribution in [1.82, 2.24) is 5.32 Å². The minimum atomic E-state index is -0.434. The summed E-state index contributed by atoms with van der Waals surface area (Å²) in [6, 6.07) is 6.40. The number of nitrogens with one attached hydrogen (secondary N) is 2. The third-order valence-electron chi connectivity index (χ3n) is 1.73. The van der Waals surface area contributed by atoms with E-state index >= 15 is 0 Å². The van der Waals surface area contributed by atoms with Gasteiger partial charge in [0.2, 0.25) is 12.3 Å². The number of esters is 1. The molecule has 0 unspecified atom stereocenters. The molecular formula is C11H12N2O4. The van der Waals surface area contributed by atoms with E-state index in [4.69, 9.17) is 4.74 Å². The molecule has 0 radical (unpaired) electrons. The Morgan fingerprint density at radius 2 is 2.18 bits per heavy atom. The molecule has 0 fully saturated rings. The lowest BCUT2D eigenvalue weighted by Crippen LogP contribution is -2.26. The van der Waals surface area contributed by atoms with E-state index in [2.05, 4.69) is 10.6 Å². The van der Waals surface area contributed by atoms with Gasteiger partial charge in [-0.1, -0.05) is 6.07 Å². The third kappa shape index (κ3) is 4.78. The van der Waals surface area contributed by atoms with Gasteiger partial charge in [-0.05, 0) is 12.1 Å². The summed E-state index contributed by atoms with van der Waals surface area (Å²) in [7, 11) is 0. The Balaban J connectivity index is 2.61. The molecule has 2 N–H and O–H groups in total. The molecule has 0 heterocycles. The SMILES string of the molecule is CC(=O)Oc1cccc(NC(=O)CNC=O)c1. The number of carbonyl (C=O) groups excluding carboxylic acids is 3. The van der Waals surface area contributed by atoms with Crippen LogP contribution in [0.1, 0.15) is 6.92 Å². The van der Waals surface area contributed by atoms with Gasteiger partial charge in [-0.3, -0.25) is 14.4 Å². The maximum Gasteiger partial charge on any atom is 0.308 e. The molecule has 0 atom stereocenters. The van der Waals surface area contributed by atoms with Gasteiger partial charge >= 0.3 is 5.97 Å². The first kappa shape index (κ1) is 12.7. The van der Waals surface area contributed by atoms with Crippen LogP contribution in [0.3, 0.4) is 0 Å². The van der Waals surface area contributed by atoms with Gasteiger partial charge in [-0.15, -0.1) is 0 Å². The molecule has 0 aliphatic heterocycles. The summed E-state index contributed by atoms with van der Waals surface area (Å²) < 4.78 is 4.86. The smallest absolute Gasteiger partial charge is 0.308 e. The molecule has 0 saturated carbocycles. The van der Waals surface area contributed by atoms with Crippen molar-refractivity contribution in [2.45, 2.75) is 6.92 Å². The molecule has 0 aromatic heterocycles. The molecule has 0 aliphatic carbocycles. The van der Waals surface area contributed by atoms with Gasteiger partial charge in [0.25, 0.3) is 0 Å². The topological polar surface area (TPSA) is 84.5 Å². The van der Waals surface area contributed by atoms with Crippen molar-refractivity contribution in [2.24, 2.45) is 0 Å². The minimum absolute atomic E-state index is 0.110. The van der Waals surface area contributed by atoms with E-state index in [0.29, 0.717) is 17.8 Å². The summed E-state index contributed by atoms with van der Waals surface area (Å²) in [5.74, 6) is -0.452. The molecule has 6 heteroatoms. The Kier molecular flexibility index (Phi) is 4.68. The second kappa shape index (κ2) is 6.26. The number of anilines is 1. The fourth-order valence-corrected chi connectivity index (χ4v) is 1.14. The molecule has 0 spiro atoms. The Labute approximate surface area is 98.0 Å². The van der Waals surface area contributed by atoms with E-state index < -0.39 is 5.97 Å². The summed E-state index contributed by atoms with van der Waals surface area (Å²) >= 11 is 0. The summed E-state index contributed by atoms with van der Waals surface area (Å²) in [4.78, 5) is 32.0. The van der Waals surface area contributed by atoms with Gasteiger partial charge in [0.05, 0.1) is 6.54 Å². The third-order valence-corrected chi connectivity index (χ3v) is 1.73. The molecule has 6 nitrogen and oxygen atoms in total. The van der Waals surface area contributed by atoms with Crippen molar-refractivity contribution in [3.8, 4) is 5.75 Å². The van der Waals surface area contributed by atoms with Crippen molar-refractivity contribution in [3.63, 3.8) is 0 Å². The average molecular weight is 236 g/mol. The first-order valence-corrected chi connectivity index (χ1v) is 4.87. The van der Waals surface area contributed by atoms with Crippen LogP contribution in [0.25, 0.3) is 0 Å². The van der Waals surface area contributed by atoms with Gasteiger partial charge in [0.1, 0.15) is 5.75 Å². The standard InChI is InChI=1S/C11H12N2O4/c1-8(15)17-10-4-2-3-9(5-10)13-11(16)6-12-7-14/h2-5,7H,6H2,1H3,(H,12,14)(H,13,16). The normalized spacial score (nSPS) is 9.24. The number of ether oxygens (including phenoxy) is 1. The Morgan fingerprint density at radius 1 is 1.41 bits per heavy atom. The molecule has 0 bridgehead atoms. The van der Waals surface area contributed by atoms with E-state index in [9.17, 15) is 14.4 Å². The van der Waals surface area contributed by atoms with Gasteiger partial charge in [-0.2, -0.15) is 0 Å². The number of hydrogen-bond donors (Lipinski definition) is 2. The summed E-state index contributed by atoms with van der Waals surface area (Å²) in [5, 5.41) is 4.78. The van der Waals surface area contributed by atoms with E-state index in [1.165, 1.54) is 13.0 Å². The van der Waals surface area contributed by atoms with Crippen LogP contribution < -0.4 is 15.4 Å². The lowest BCUT2D eigenvalue weighted by atomic mass is 10.3. The maximum atomic E-state index is 11.3. The zero-order valence-electron chi connectivity index (χ0n) is 9.23. The first-order chi connectivity index (χ1) is 8.11. The summed E-state index contributed by atoms with van der Waals surface area (Å²) in [5.41, 5.74) is 0.487. The van der Waals surface area contributed by atoms with Gasteiger partial charge < -0.3 is 15.4 Å². The van der Waals surface area contributed by atoms with E-state index in [0.717, 1.165) is 0 Å². The predicted molar refractivity (Wildman–Crippen MR) is 60.4 cm³/mol. The van der Waals surface area contributed by atoms with Crippen LogP contribution >= 0.6 is 0 Å². The van der Waals surface area contributed by atoms with Crippen LogP contribution in [0.5, 0.6) is 5.75 Å². The predicted octanol–water partition coefficient (Wildman–Crippen LogP) is 0.296.